The lowest BCUT2D eigenvalue weighted by atomic mass is 9.95. The van der Waals surface area contributed by atoms with Crippen LogP contribution in [-0.4, -0.2) is 53.6 Å². The molecule has 4 rings (SSSR count). The van der Waals surface area contributed by atoms with E-state index in [2.05, 4.69) is 44.4 Å². The Balaban J connectivity index is 1.44. The molecule has 3 heterocycles. The predicted molar refractivity (Wildman–Crippen MR) is 116 cm³/mol. The molecule has 1 unspecified atom stereocenters. The van der Waals surface area contributed by atoms with E-state index >= 15 is 0 Å². The van der Waals surface area contributed by atoms with Gasteiger partial charge in [0.25, 0.3) is 0 Å². The van der Waals surface area contributed by atoms with Crippen molar-refractivity contribution in [1.29, 1.82) is 0 Å². The molecule has 0 saturated carbocycles. The maximum absolute atomic E-state index is 6.11. The first-order valence-electron chi connectivity index (χ1n) is 10.9. The van der Waals surface area contributed by atoms with Gasteiger partial charge >= 0.3 is 0 Å². The van der Waals surface area contributed by atoms with Crippen LogP contribution in [0.25, 0.3) is 0 Å². The van der Waals surface area contributed by atoms with Gasteiger partial charge in [0.15, 0.2) is 0 Å². The maximum atomic E-state index is 6.11. The summed E-state index contributed by atoms with van der Waals surface area (Å²) >= 11 is 1.68. The van der Waals surface area contributed by atoms with Crippen LogP contribution in [0.4, 0.5) is 0 Å². The van der Waals surface area contributed by atoms with E-state index in [0.29, 0.717) is 0 Å². The fraction of sp³-hybridized carbons (Fsp3) is 0.609. The molecule has 0 amide bonds. The van der Waals surface area contributed by atoms with Gasteiger partial charge in [0.05, 0.1) is 11.2 Å². The molecule has 2 bridgehead atoms. The third-order valence-electron chi connectivity index (χ3n) is 6.13. The summed E-state index contributed by atoms with van der Waals surface area (Å²) in [6.45, 7) is 6.29. The van der Waals surface area contributed by atoms with Gasteiger partial charge in [0.1, 0.15) is 12.4 Å². The van der Waals surface area contributed by atoms with Gasteiger partial charge < -0.3 is 9.64 Å². The number of aromatic nitrogens is 1. The second-order valence-electron chi connectivity index (χ2n) is 8.18. The highest BCUT2D eigenvalue weighted by atomic mass is 32.1. The molecule has 2 aliphatic rings. The molecule has 2 aliphatic heterocycles. The van der Waals surface area contributed by atoms with Crippen LogP contribution in [0.2, 0.25) is 0 Å². The Bertz CT molecular complexity index is 706. The van der Waals surface area contributed by atoms with Gasteiger partial charge in [-0.25, -0.2) is 4.98 Å². The van der Waals surface area contributed by atoms with E-state index in [1.165, 1.54) is 62.9 Å². The van der Waals surface area contributed by atoms with Crippen LogP contribution < -0.4 is 4.74 Å². The number of rotatable bonds is 2. The largest absolute Gasteiger partial charge is 0.492 e. The summed E-state index contributed by atoms with van der Waals surface area (Å²) in [6, 6.07) is 9.51. The molecule has 1 aromatic heterocycles. The van der Waals surface area contributed by atoms with E-state index in [9.17, 15) is 0 Å². The van der Waals surface area contributed by atoms with E-state index in [1.54, 1.807) is 11.3 Å². The topological polar surface area (TPSA) is 28.6 Å². The molecular weight excluding hydrogens is 366 g/mol. The predicted octanol–water partition coefficient (Wildman–Crippen LogP) is 4.61. The number of aryl methyl sites for hydroxylation is 1. The Labute approximate surface area is 173 Å². The number of hydrogen-bond donors (Lipinski definition) is 0. The van der Waals surface area contributed by atoms with Crippen molar-refractivity contribution in [2.75, 3.05) is 32.8 Å². The first-order valence-corrected chi connectivity index (χ1v) is 11.9. The highest BCUT2D eigenvalue weighted by molar-refractivity contribution is 7.07. The summed E-state index contributed by atoms with van der Waals surface area (Å²) in [5, 5.41) is 2.16. The zero-order valence-electron chi connectivity index (χ0n) is 16.9. The van der Waals surface area contributed by atoms with Crippen molar-refractivity contribution < 1.29 is 4.74 Å². The van der Waals surface area contributed by atoms with Gasteiger partial charge in [-0.2, -0.15) is 0 Å². The summed E-state index contributed by atoms with van der Waals surface area (Å²) in [4.78, 5) is 9.76. The molecule has 0 N–H and O–H groups in total. The van der Waals surface area contributed by atoms with Gasteiger partial charge in [-0.05, 0) is 75.9 Å². The second kappa shape index (κ2) is 10.4. The van der Waals surface area contributed by atoms with Crippen LogP contribution in [0.15, 0.2) is 35.2 Å². The zero-order chi connectivity index (χ0) is 19.0. The van der Waals surface area contributed by atoms with E-state index in [-0.39, 0.29) is 0 Å². The van der Waals surface area contributed by atoms with Crippen molar-refractivity contribution in [3.63, 3.8) is 0 Å². The lowest BCUT2D eigenvalue weighted by Gasteiger charge is -2.36. The van der Waals surface area contributed by atoms with Crippen molar-refractivity contribution >= 4 is 11.3 Å². The first-order chi connectivity index (χ1) is 13.9. The Morgan fingerprint density at radius 2 is 1.93 bits per heavy atom. The average Bonchev–Trinajstić information content (AvgIpc) is 3.23. The minimum Gasteiger partial charge on any atom is -0.492 e. The second-order valence-corrected chi connectivity index (χ2v) is 8.90. The molecule has 4 nitrogen and oxygen atoms in total. The van der Waals surface area contributed by atoms with E-state index in [0.717, 1.165) is 44.5 Å². The van der Waals surface area contributed by atoms with Crippen molar-refractivity contribution in [1.82, 2.24) is 14.8 Å². The molecule has 5 heteroatoms. The van der Waals surface area contributed by atoms with Gasteiger partial charge in [0, 0.05) is 24.5 Å². The number of ether oxygens (including phenoxy) is 1. The van der Waals surface area contributed by atoms with Crippen LogP contribution in [-0.2, 0) is 13.0 Å². The van der Waals surface area contributed by atoms with Crippen molar-refractivity contribution in [2.24, 2.45) is 0 Å². The number of hydrogen-bond acceptors (Lipinski definition) is 5. The van der Waals surface area contributed by atoms with Crippen LogP contribution in [0.1, 0.15) is 49.8 Å². The van der Waals surface area contributed by atoms with Gasteiger partial charge in [-0.15, -0.1) is 11.3 Å². The molecular formula is C23H33N3OS. The number of nitrogens with zero attached hydrogens (tertiary/aromatic N) is 3. The summed E-state index contributed by atoms with van der Waals surface area (Å²) < 4.78 is 6.11. The molecule has 0 radical (unpaired) electrons. The molecule has 1 aromatic carbocycles. The number of piperidine rings is 1. The van der Waals surface area contributed by atoms with Crippen molar-refractivity contribution in [2.45, 2.75) is 57.5 Å². The Hall–Kier alpha value is -1.43. The highest BCUT2D eigenvalue weighted by Crippen LogP contribution is 2.23. The molecule has 152 valence electrons. The third kappa shape index (κ3) is 5.79. The summed E-state index contributed by atoms with van der Waals surface area (Å²) in [5.74, 6) is 1.02. The average molecular weight is 400 g/mol. The fourth-order valence-corrected chi connectivity index (χ4v) is 5.11. The highest BCUT2D eigenvalue weighted by Gasteiger charge is 2.22. The lowest BCUT2D eigenvalue weighted by Crippen LogP contribution is -2.40. The number of fused-ring (bicyclic) bond motifs is 3. The van der Waals surface area contributed by atoms with Crippen LogP contribution in [0.5, 0.6) is 5.75 Å². The van der Waals surface area contributed by atoms with E-state index < -0.39 is 0 Å². The Kier molecular flexibility index (Phi) is 7.36. The monoisotopic (exact) mass is 399 g/mol. The standard InChI is InChI=1S/C23H33N3OS/c1-2-12-26-13-4-3-11-25(17-21-18-28-19-24-21)14-15-27-23-8-5-6-20(16-23)9-10-22(26)7-1/h5-6,8,16,18-19,22H,1-4,7,9-15,17H2. The zero-order valence-corrected chi connectivity index (χ0v) is 17.7. The fourth-order valence-electron chi connectivity index (χ4n) is 4.56. The van der Waals surface area contributed by atoms with Gasteiger partial charge in [0.2, 0.25) is 0 Å². The van der Waals surface area contributed by atoms with Gasteiger partial charge in [-0.1, -0.05) is 18.6 Å². The van der Waals surface area contributed by atoms with Crippen molar-refractivity contribution in [3.8, 4) is 5.75 Å². The quantitative estimate of drug-likeness (QED) is 0.738. The summed E-state index contributed by atoms with van der Waals surface area (Å²) in [5.41, 5.74) is 4.53. The molecule has 1 atom stereocenters. The maximum Gasteiger partial charge on any atom is 0.119 e. The van der Waals surface area contributed by atoms with Crippen molar-refractivity contribution in [3.05, 3.63) is 46.4 Å². The molecule has 1 saturated heterocycles. The summed E-state index contributed by atoms with van der Waals surface area (Å²) in [7, 11) is 0. The minimum atomic E-state index is 0.738. The normalized spacial score (nSPS) is 23.2. The minimum absolute atomic E-state index is 0.738. The Morgan fingerprint density at radius 3 is 2.82 bits per heavy atom. The van der Waals surface area contributed by atoms with Crippen LogP contribution >= 0.6 is 11.3 Å². The molecule has 1 fully saturated rings. The SMILES string of the molecule is c1cc2cc(c1)OCCN(Cc1cscn1)CCCCN1CCCCC1CC2. The lowest BCUT2D eigenvalue weighted by molar-refractivity contribution is 0.134. The van der Waals surface area contributed by atoms with E-state index in [4.69, 9.17) is 4.74 Å². The molecule has 2 aromatic rings. The third-order valence-corrected chi connectivity index (χ3v) is 6.76. The van der Waals surface area contributed by atoms with Gasteiger partial charge in [-0.3, -0.25) is 4.90 Å². The first kappa shape index (κ1) is 19.9. The molecule has 28 heavy (non-hydrogen) atoms. The Morgan fingerprint density at radius 1 is 1.04 bits per heavy atom. The summed E-state index contributed by atoms with van der Waals surface area (Å²) in [6.07, 6.45) is 9.11. The van der Waals surface area contributed by atoms with Crippen LogP contribution in [0, 0.1) is 0 Å². The molecule has 0 spiro atoms. The smallest absolute Gasteiger partial charge is 0.119 e. The number of thiazole rings is 1. The van der Waals surface area contributed by atoms with Crippen LogP contribution in [0.3, 0.4) is 0 Å². The number of benzene rings is 1. The molecule has 0 aliphatic carbocycles. The van der Waals surface area contributed by atoms with E-state index in [1.807, 2.05) is 5.51 Å².